The van der Waals surface area contributed by atoms with Gasteiger partial charge in [-0.1, -0.05) is 41.9 Å². The number of thioether (sulfide) groups is 1. The molecule has 0 aliphatic carbocycles. The molecule has 0 fully saturated rings. The molecule has 2 nitrogen and oxygen atoms in total. The second-order valence-electron chi connectivity index (χ2n) is 4.49. The predicted octanol–water partition coefficient (Wildman–Crippen LogP) is 4.03. The third-order valence-electron chi connectivity index (χ3n) is 2.85. The maximum atomic E-state index is 13.4. The van der Waals surface area contributed by atoms with Crippen LogP contribution in [-0.2, 0) is 17.1 Å². The van der Waals surface area contributed by atoms with E-state index >= 15 is 0 Å². The SMILES string of the molecule is O=C(CSCc1ccccc1F)NCc1ccc(Cl)cc1. The summed E-state index contributed by atoms with van der Waals surface area (Å²) in [4.78, 5) is 11.7. The summed E-state index contributed by atoms with van der Waals surface area (Å²) in [6.45, 7) is 0.469. The van der Waals surface area contributed by atoms with Gasteiger partial charge in [-0.15, -0.1) is 11.8 Å². The number of hydrogen-bond acceptors (Lipinski definition) is 2. The first-order valence-corrected chi connectivity index (χ1v) is 8.01. The highest BCUT2D eigenvalue weighted by molar-refractivity contribution is 7.99. The summed E-state index contributed by atoms with van der Waals surface area (Å²) in [7, 11) is 0. The van der Waals surface area contributed by atoms with Crippen molar-refractivity contribution in [2.75, 3.05) is 5.75 Å². The third kappa shape index (κ3) is 5.40. The Balaban J connectivity index is 1.70. The lowest BCUT2D eigenvalue weighted by Crippen LogP contribution is -2.24. The molecule has 5 heteroatoms. The van der Waals surface area contributed by atoms with E-state index in [9.17, 15) is 9.18 Å². The Bertz CT molecular complexity index is 603. The van der Waals surface area contributed by atoms with Gasteiger partial charge in [0.25, 0.3) is 0 Å². The average molecular weight is 324 g/mol. The Hall–Kier alpha value is -1.52. The van der Waals surface area contributed by atoms with Gasteiger partial charge in [0, 0.05) is 17.3 Å². The van der Waals surface area contributed by atoms with Crippen LogP contribution in [0.3, 0.4) is 0 Å². The molecule has 1 amide bonds. The fourth-order valence-corrected chi connectivity index (χ4v) is 2.69. The number of nitrogens with one attached hydrogen (secondary N) is 1. The molecule has 21 heavy (non-hydrogen) atoms. The molecule has 1 N–H and O–H groups in total. The summed E-state index contributed by atoms with van der Waals surface area (Å²) in [5.74, 6) is 0.501. The summed E-state index contributed by atoms with van der Waals surface area (Å²) < 4.78 is 13.4. The van der Waals surface area contributed by atoms with Crippen LogP contribution in [0.2, 0.25) is 5.02 Å². The Morgan fingerprint density at radius 1 is 1.14 bits per heavy atom. The maximum absolute atomic E-state index is 13.4. The predicted molar refractivity (Wildman–Crippen MR) is 85.9 cm³/mol. The zero-order valence-electron chi connectivity index (χ0n) is 11.3. The van der Waals surface area contributed by atoms with Crippen LogP contribution in [-0.4, -0.2) is 11.7 Å². The molecule has 0 unspecified atom stereocenters. The lowest BCUT2D eigenvalue weighted by Gasteiger charge is -2.06. The molecule has 2 aromatic rings. The number of amides is 1. The first kappa shape index (κ1) is 15.9. The van der Waals surface area contributed by atoms with E-state index in [1.54, 1.807) is 30.3 Å². The number of halogens is 2. The molecule has 0 bridgehead atoms. The minimum Gasteiger partial charge on any atom is -0.351 e. The molecule has 0 saturated carbocycles. The number of carbonyl (C=O) groups excluding carboxylic acids is 1. The number of benzene rings is 2. The number of rotatable bonds is 6. The monoisotopic (exact) mass is 323 g/mol. The highest BCUT2D eigenvalue weighted by Gasteiger charge is 2.04. The highest BCUT2D eigenvalue weighted by Crippen LogP contribution is 2.15. The molecule has 110 valence electrons. The minimum absolute atomic E-state index is 0.0636. The largest absolute Gasteiger partial charge is 0.351 e. The summed E-state index contributed by atoms with van der Waals surface area (Å²) in [5.41, 5.74) is 1.61. The second kappa shape index (κ2) is 8.05. The van der Waals surface area contributed by atoms with Crippen molar-refractivity contribution in [3.8, 4) is 0 Å². The van der Waals surface area contributed by atoms with E-state index in [1.165, 1.54) is 17.8 Å². The molecule has 0 aromatic heterocycles. The van der Waals surface area contributed by atoms with Crippen LogP contribution in [0.5, 0.6) is 0 Å². The average Bonchev–Trinajstić information content (AvgIpc) is 2.49. The molecule has 0 saturated heterocycles. The Labute approximate surface area is 132 Å². The number of carbonyl (C=O) groups is 1. The van der Waals surface area contributed by atoms with E-state index in [2.05, 4.69) is 5.32 Å². The second-order valence-corrected chi connectivity index (χ2v) is 5.91. The topological polar surface area (TPSA) is 29.1 Å². The van der Waals surface area contributed by atoms with Gasteiger partial charge in [0.15, 0.2) is 0 Å². The van der Waals surface area contributed by atoms with Gasteiger partial charge in [0.1, 0.15) is 5.82 Å². The van der Waals surface area contributed by atoms with Crippen LogP contribution in [0.4, 0.5) is 4.39 Å². The summed E-state index contributed by atoms with van der Waals surface area (Å²) in [5, 5.41) is 3.49. The molecular weight excluding hydrogens is 309 g/mol. The van der Waals surface area contributed by atoms with E-state index in [4.69, 9.17) is 11.6 Å². The van der Waals surface area contributed by atoms with Crippen molar-refractivity contribution in [2.45, 2.75) is 12.3 Å². The first-order chi connectivity index (χ1) is 10.1. The smallest absolute Gasteiger partial charge is 0.230 e. The van der Waals surface area contributed by atoms with Crippen molar-refractivity contribution in [1.82, 2.24) is 5.32 Å². The van der Waals surface area contributed by atoms with Crippen LogP contribution in [0.1, 0.15) is 11.1 Å². The zero-order chi connectivity index (χ0) is 15.1. The molecule has 0 radical (unpaired) electrons. The summed E-state index contributed by atoms with van der Waals surface area (Å²) in [6, 6.07) is 13.9. The highest BCUT2D eigenvalue weighted by atomic mass is 35.5. The lowest BCUT2D eigenvalue weighted by atomic mass is 10.2. The van der Waals surface area contributed by atoms with Gasteiger partial charge in [0.05, 0.1) is 5.75 Å². The van der Waals surface area contributed by atoms with Crippen LogP contribution in [0.25, 0.3) is 0 Å². The first-order valence-electron chi connectivity index (χ1n) is 6.47. The molecule has 2 rings (SSSR count). The van der Waals surface area contributed by atoms with Crippen LogP contribution >= 0.6 is 23.4 Å². The standard InChI is InChI=1S/C16H15ClFNOS/c17-14-7-5-12(6-8-14)9-19-16(20)11-21-10-13-3-1-2-4-15(13)18/h1-8H,9-11H2,(H,19,20). The minimum atomic E-state index is -0.230. The summed E-state index contributed by atoms with van der Waals surface area (Å²) in [6.07, 6.45) is 0. The Kier molecular flexibility index (Phi) is 6.08. The lowest BCUT2D eigenvalue weighted by molar-refractivity contribution is -0.118. The van der Waals surface area contributed by atoms with Crippen molar-refractivity contribution >= 4 is 29.3 Å². The molecule has 2 aromatic carbocycles. The van der Waals surface area contributed by atoms with Gasteiger partial charge in [-0.3, -0.25) is 4.79 Å². The molecule has 0 atom stereocenters. The van der Waals surface area contributed by atoms with Gasteiger partial charge in [-0.05, 0) is 29.3 Å². The van der Waals surface area contributed by atoms with Crippen LogP contribution in [0, 0.1) is 5.82 Å². The van der Waals surface area contributed by atoms with Gasteiger partial charge >= 0.3 is 0 Å². The van der Waals surface area contributed by atoms with Crippen molar-refractivity contribution in [1.29, 1.82) is 0 Å². The van der Waals surface area contributed by atoms with E-state index in [1.807, 2.05) is 12.1 Å². The van der Waals surface area contributed by atoms with Gasteiger partial charge in [0.2, 0.25) is 5.91 Å². The van der Waals surface area contributed by atoms with Crippen LogP contribution < -0.4 is 5.32 Å². The quantitative estimate of drug-likeness (QED) is 0.869. The maximum Gasteiger partial charge on any atom is 0.230 e. The van der Waals surface area contributed by atoms with Crippen LogP contribution in [0.15, 0.2) is 48.5 Å². The van der Waals surface area contributed by atoms with Crippen molar-refractivity contribution in [3.63, 3.8) is 0 Å². The Morgan fingerprint density at radius 2 is 1.86 bits per heavy atom. The number of hydrogen-bond donors (Lipinski definition) is 1. The summed E-state index contributed by atoms with van der Waals surface area (Å²) >= 11 is 7.19. The van der Waals surface area contributed by atoms with E-state index in [0.717, 1.165) is 5.56 Å². The third-order valence-corrected chi connectivity index (χ3v) is 4.08. The molecule has 0 aliphatic rings. The van der Waals surface area contributed by atoms with E-state index in [0.29, 0.717) is 28.6 Å². The molecular formula is C16H15ClFNOS. The van der Waals surface area contributed by atoms with Crippen molar-refractivity contribution in [3.05, 3.63) is 70.5 Å². The fraction of sp³-hybridized carbons (Fsp3) is 0.188. The van der Waals surface area contributed by atoms with Gasteiger partial charge in [-0.25, -0.2) is 4.39 Å². The van der Waals surface area contributed by atoms with E-state index in [-0.39, 0.29) is 11.7 Å². The fourth-order valence-electron chi connectivity index (χ4n) is 1.72. The zero-order valence-corrected chi connectivity index (χ0v) is 12.9. The molecule has 0 aliphatic heterocycles. The van der Waals surface area contributed by atoms with Gasteiger partial charge < -0.3 is 5.32 Å². The van der Waals surface area contributed by atoms with E-state index < -0.39 is 0 Å². The molecule has 0 spiro atoms. The molecule has 0 heterocycles. The van der Waals surface area contributed by atoms with Crippen molar-refractivity contribution < 1.29 is 9.18 Å². The van der Waals surface area contributed by atoms with Gasteiger partial charge in [-0.2, -0.15) is 0 Å². The van der Waals surface area contributed by atoms with Crippen molar-refractivity contribution in [2.24, 2.45) is 0 Å². The Morgan fingerprint density at radius 3 is 2.57 bits per heavy atom. The normalized spacial score (nSPS) is 10.4.